The topological polar surface area (TPSA) is 64.1 Å². The molecule has 0 spiro atoms. The van der Waals surface area contributed by atoms with Crippen LogP contribution in [0.2, 0.25) is 0 Å². The smallest absolute Gasteiger partial charge is 0.376 e. The molecule has 2 aromatic rings. The van der Waals surface area contributed by atoms with Gasteiger partial charge in [0.1, 0.15) is 5.82 Å². The number of rotatable bonds is 4. The van der Waals surface area contributed by atoms with Crippen LogP contribution >= 0.6 is 11.3 Å². The first-order valence-electron chi connectivity index (χ1n) is 6.94. The molecule has 0 aromatic carbocycles. The summed E-state index contributed by atoms with van der Waals surface area (Å²) < 4.78 is 4.66. The first kappa shape index (κ1) is 14.0. The highest BCUT2D eigenvalue weighted by Gasteiger charge is 2.15. The predicted molar refractivity (Wildman–Crippen MR) is 81.8 cm³/mol. The minimum atomic E-state index is -0.517. The second-order valence-electron chi connectivity index (χ2n) is 5.08. The molecule has 3 rings (SSSR count). The maximum absolute atomic E-state index is 11.5. The van der Waals surface area contributed by atoms with Gasteiger partial charge < -0.3 is 10.1 Å². The Morgan fingerprint density at radius 3 is 3.00 bits per heavy atom. The van der Waals surface area contributed by atoms with E-state index in [1.807, 2.05) is 24.3 Å². The van der Waals surface area contributed by atoms with E-state index >= 15 is 0 Å². The van der Waals surface area contributed by atoms with Gasteiger partial charge in [-0.3, -0.25) is 0 Å². The van der Waals surface area contributed by atoms with Crippen LogP contribution in [0, 0.1) is 6.92 Å². The first-order valence-corrected chi connectivity index (χ1v) is 7.75. The number of esters is 1. The number of aryl methyl sites for hydroxylation is 3. The van der Waals surface area contributed by atoms with E-state index in [0.717, 1.165) is 5.69 Å². The van der Waals surface area contributed by atoms with Gasteiger partial charge >= 0.3 is 5.97 Å². The Hall–Kier alpha value is -1.95. The zero-order valence-electron chi connectivity index (χ0n) is 12.1. The van der Waals surface area contributed by atoms with Crippen molar-refractivity contribution in [2.75, 3.05) is 12.4 Å². The highest BCUT2D eigenvalue weighted by atomic mass is 32.1. The third-order valence-electron chi connectivity index (χ3n) is 3.46. The molecule has 6 heteroatoms. The lowest BCUT2D eigenvalue weighted by molar-refractivity contribution is 0.0586. The van der Waals surface area contributed by atoms with Gasteiger partial charge in [0.25, 0.3) is 0 Å². The first-order chi connectivity index (χ1) is 10.2. The number of thiophene rings is 1. The number of fused-ring (bicyclic) bond motifs is 1. The molecular formula is C15H17N3O2S. The molecule has 21 heavy (non-hydrogen) atoms. The Morgan fingerprint density at radius 1 is 1.38 bits per heavy atom. The Bertz CT molecular complexity index is 660. The van der Waals surface area contributed by atoms with Crippen LogP contribution in [0.3, 0.4) is 0 Å². The van der Waals surface area contributed by atoms with Crippen molar-refractivity contribution < 1.29 is 9.53 Å². The van der Waals surface area contributed by atoms with E-state index in [1.165, 1.54) is 41.7 Å². The highest BCUT2D eigenvalue weighted by molar-refractivity contribution is 7.12. The van der Waals surface area contributed by atoms with E-state index in [0.29, 0.717) is 12.4 Å². The SMILES string of the molecule is COC(=O)c1nc(C)cc(NCc2cc3c(s2)CCC3)n1. The summed E-state index contributed by atoms with van der Waals surface area (Å²) in [7, 11) is 1.33. The number of nitrogens with one attached hydrogen (secondary N) is 1. The van der Waals surface area contributed by atoms with Gasteiger partial charge in [0.05, 0.1) is 13.7 Å². The largest absolute Gasteiger partial charge is 0.463 e. The molecular weight excluding hydrogens is 286 g/mol. The maximum atomic E-state index is 11.5. The minimum Gasteiger partial charge on any atom is -0.463 e. The van der Waals surface area contributed by atoms with Gasteiger partial charge in [-0.1, -0.05) is 0 Å². The van der Waals surface area contributed by atoms with Crippen molar-refractivity contribution in [2.45, 2.75) is 32.7 Å². The van der Waals surface area contributed by atoms with Crippen LogP contribution in [0.15, 0.2) is 12.1 Å². The number of carbonyl (C=O) groups is 1. The summed E-state index contributed by atoms with van der Waals surface area (Å²) in [5.74, 6) is 0.224. The van der Waals surface area contributed by atoms with Crippen LogP contribution in [0.4, 0.5) is 5.82 Å². The Labute approximate surface area is 127 Å². The third kappa shape index (κ3) is 3.05. The van der Waals surface area contributed by atoms with Gasteiger partial charge in [0.2, 0.25) is 5.82 Å². The van der Waals surface area contributed by atoms with Gasteiger partial charge in [0.15, 0.2) is 0 Å². The lowest BCUT2D eigenvalue weighted by atomic mass is 10.2. The van der Waals surface area contributed by atoms with Crippen molar-refractivity contribution >= 4 is 23.1 Å². The van der Waals surface area contributed by atoms with E-state index in [4.69, 9.17) is 0 Å². The van der Waals surface area contributed by atoms with Crippen molar-refractivity contribution in [3.05, 3.63) is 39.0 Å². The monoisotopic (exact) mass is 303 g/mol. The summed E-state index contributed by atoms with van der Waals surface area (Å²) in [5.41, 5.74) is 2.23. The van der Waals surface area contributed by atoms with Gasteiger partial charge in [-0.15, -0.1) is 11.3 Å². The van der Waals surface area contributed by atoms with Crippen molar-refractivity contribution in [1.82, 2.24) is 9.97 Å². The van der Waals surface area contributed by atoms with Crippen LogP contribution in [0.1, 0.15) is 38.1 Å². The van der Waals surface area contributed by atoms with Crippen LogP contribution in [-0.4, -0.2) is 23.0 Å². The van der Waals surface area contributed by atoms with Crippen LogP contribution in [0.25, 0.3) is 0 Å². The van der Waals surface area contributed by atoms with Crippen LogP contribution in [0.5, 0.6) is 0 Å². The second kappa shape index (κ2) is 5.81. The lowest BCUT2D eigenvalue weighted by Gasteiger charge is -2.06. The maximum Gasteiger partial charge on any atom is 0.376 e. The molecule has 0 fully saturated rings. The summed E-state index contributed by atoms with van der Waals surface area (Å²) in [5, 5.41) is 3.26. The summed E-state index contributed by atoms with van der Waals surface area (Å²) in [6, 6.07) is 4.10. The Morgan fingerprint density at radius 2 is 2.24 bits per heavy atom. The number of hydrogen-bond acceptors (Lipinski definition) is 6. The van der Waals surface area contributed by atoms with E-state index in [-0.39, 0.29) is 5.82 Å². The molecule has 1 aliphatic carbocycles. The highest BCUT2D eigenvalue weighted by Crippen LogP contribution is 2.30. The minimum absolute atomic E-state index is 0.0914. The quantitative estimate of drug-likeness (QED) is 0.880. The molecule has 0 aliphatic heterocycles. The van der Waals surface area contributed by atoms with Gasteiger partial charge in [-0.05, 0) is 37.8 Å². The summed E-state index contributed by atoms with van der Waals surface area (Å²) in [6.07, 6.45) is 3.69. The van der Waals surface area contributed by atoms with Gasteiger partial charge in [0, 0.05) is 21.5 Å². The number of nitrogens with zero attached hydrogens (tertiary/aromatic N) is 2. The summed E-state index contributed by atoms with van der Waals surface area (Å²) in [6.45, 7) is 2.55. The van der Waals surface area contributed by atoms with E-state index in [9.17, 15) is 4.79 Å². The number of ether oxygens (including phenoxy) is 1. The second-order valence-corrected chi connectivity index (χ2v) is 6.30. The fraction of sp³-hybridized carbons (Fsp3) is 0.400. The zero-order valence-corrected chi connectivity index (χ0v) is 12.9. The van der Waals surface area contributed by atoms with Crippen molar-refractivity contribution in [3.63, 3.8) is 0 Å². The van der Waals surface area contributed by atoms with Gasteiger partial charge in [-0.2, -0.15) is 0 Å². The average molecular weight is 303 g/mol. The zero-order chi connectivity index (χ0) is 14.8. The number of aromatic nitrogens is 2. The molecule has 0 atom stereocenters. The fourth-order valence-corrected chi connectivity index (χ4v) is 3.70. The lowest BCUT2D eigenvalue weighted by Crippen LogP contribution is -2.11. The molecule has 1 aliphatic rings. The molecule has 0 unspecified atom stereocenters. The van der Waals surface area contributed by atoms with E-state index < -0.39 is 5.97 Å². The molecule has 1 N–H and O–H groups in total. The predicted octanol–water partition coefficient (Wildman–Crippen LogP) is 2.73. The molecule has 0 radical (unpaired) electrons. The Balaban J connectivity index is 1.72. The molecule has 0 saturated heterocycles. The fourth-order valence-electron chi connectivity index (χ4n) is 2.50. The molecule has 0 bridgehead atoms. The van der Waals surface area contributed by atoms with Crippen molar-refractivity contribution in [1.29, 1.82) is 0 Å². The molecule has 2 heterocycles. The van der Waals surface area contributed by atoms with Gasteiger partial charge in [-0.25, -0.2) is 14.8 Å². The van der Waals surface area contributed by atoms with Crippen molar-refractivity contribution in [3.8, 4) is 0 Å². The Kier molecular flexibility index (Phi) is 3.88. The molecule has 0 saturated carbocycles. The number of carbonyl (C=O) groups excluding carboxylic acids is 1. The van der Waals surface area contributed by atoms with E-state index in [2.05, 4.69) is 26.1 Å². The standard InChI is InChI=1S/C15H17N3O2S/c1-9-6-13(18-14(17-9)15(19)20-2)16-8-11-7-10-4-3-5-12(10)21-11/h6-7H,3-5,8H2,1-2H3,(H,16,17,18). The number of methoxy groups -OCH3 is 1. The summed E-state index contributed by atoms with van der Waals surface area (Å²) in [4.78, 5) is 22.6. The summed E-state index contributed by atoms with van der Waals surface area (Å²) >= 11 is 1.86. The third-order valence-corrected chi connectivity index (χ3v) is 4.70. The molecule has 0 amide bonds. The van der Waals surface area contributed by atoms with Crippen LogP contribution in [-0.2, 0) is 24.1 Å². The average Bonchev–Trinajstić information content (AvgIpc) is 3.04. The number of anilines is 1. The molecule has 5 nitrogen and oxygen atoms in total. The molecule has 2 aromatic heterocycles. The van der Waals surface area contributed by atoms with Crippen LogP contribution < -0.4 is 5.32 Å². The van der Waals surface area contributed by atoms with Crippen molar-refractivity contribution in [2.24, 2.45) is 0 Å². The number of hydrogen-bond donors (Lipinski definition) is 1. The molecule has 110 valence electrons. The normalized spacial score (nSPS) is 13.0. The van der Waals surface area contributed by atoms with E-state index in [1.54, 1.807) is 0 Å².